The van der Waals surface area contributed by atoms with Crippen molar-refractivity contribution in [2.24, 2.45) is 0 Å². The van der Waals surface area contributed by atoms with E-state index >= 15 is 0 Å². The molecule has 0 spiro atoms. The molecule has 0 aliphatic heterocycles. The predicted octanol–water partition coefficient (Wildman–Crippen LogP) is 4.13. The zero-order valence-electron chi connectivity index (χ0n) is 13.3. The number of carboxylic acid groups (broad SMARTS) is 1. The smallest absolute Gasteiger partial charge is 0.335 e. The van der Waals surface area contributed by atoms with Crippen LogP contribution in [0.25, 0.3) is 6.08 Å². The Bertz CT molecular complexity index is 809. The Morgan fingerprint density at radius 1 is 1.04 bits per heavy atom. The molecule has 0 fully saturated rings. The van der Waals surface area contributed by atoms with Gasteiger partial charge < -0.3 is 5.11 Å². The average molecular weight is 319 g/mol. The van der Waals surface area contributed by atoms with E-state index in [0.29, 0.717) is 11.1 Å². The molecule has 0 heterocycles. The number of Topliss-reactive ketones (excluding diaryl/α,β-unsaturated/α-hetero) is 1. The molecular weight excluding hydrogens is 302 g/mol. The van der Waals surface area contributed by atoms with E-state index in [4.69, 9.17) is 5.11 Å². The van der Waals surface area contributed by atoms with Crippen molar-refractivity contribution in [2.45, 2.75) is 19.8 Å². The topological polar surface area (TPSA) is 78.2 Å². The molecule has 0 aromatic heterocycles. The summed E-state index contributed by atoms with van der Waals surface area (Å²) in [4.78, 5) is 23.3. The zero-order valence-corrected chi connectivity index (χ0v) is 13.3. The molecule has 24 heavy (non-hydrogen) atoms. The van der Waals surface area contributed by atoms with Crippen LogP contribution in [0.4, 0.5) is 0 Å². The summed E-state index contributed by atoms with van der Waals surface area (Å²) in [6.07, 6.45) is 3.45. The van der Waals surface area contributed by atoms with Gasteiger partial charge in [0.2, 0.25) is 5.78 Å². The highest BCUT2D eigenvalue weighted by molar-refractivity contribution is 6.14. The van der Waals surface area contributed by atoms with E-state index in [1.165, 1.54) is 18.2 Å². The maximum Gasteiger partial charge on any atom is 0.335 e. The lowest BCUT2D eigenvalue weighted by Crippen LogP contribution is -2.02. The van der Waals surface area contributed by atoms with Crippen LogP contribution >= 0.6 is 0 Å². The summed E-state index contributed by atoms with van der Waals surface area (Å²) >= 11 is 0. The summed E-state index contributed by atoms with van der Waals surface area (Å²) in [5, 5.41) is 18.1. The average Bonchev–Trinajstić information content (AvgIpc) is 2.60. The number of hydrogen-bond acceptors (Lipinski definition) is 3. The van der Waals surface area contributed by atoms with Crippen molar-refractivity contribution in [3.05, 3.63) is 76.4 Å². The molecule has 0 saturated heterocycles. The fourth-order valence-electron chi connectivity index (χ4n) is 2.30. The second-order valence-electron chi connectivity index (χ2n) is 5.37. The Kier molecular flexibility index (Phi) is 5.64. The minimum atomic E-state index is -1.02. The van der Waals surface area contributed by atoms with E-state index in [-0.39, 0.29) is 16.9 Å². The Morgan fingerprint density at radius 2 is 1.62 bits per heavy atom. The standard InChI is InChI=1S/C20H17NO3/c1-2-3-14-4-8-16(9-5-14)19(22)18(13-21)12-15-6-10-17(11-7-15)20(23)24/h4-12H,2-3H2,1H3,(H,23,24)/b18-12+. The largest absolute Gasteiger partial charge is 0.478 e. The van der Waals surface area contributed by atoms with Crippen LogP contribution in [0, 0.1) is 11.3 Å². The van der Waals surface area contributed by atoms with Crippen LogP contribution in [-0.4, -0.2) is 16.9 Å². The highest BCUT2D eigenvalue weighted by atomic mass is 16.4. The van der Waals surface area contributed by atoms with Gasteiger partial charge in [-0.05, 0) is 35.8 Å². The molecule has 0 bridgehead atoms. The lowest BCUT2D eigenvalue weighted by atomic mass is 9.99. The highest BCUT2D eigenvalue weighted by Gasteiger charge is 2.12. The van der Waals surface area contributed by atoms with Crippen molar-refractivity contribution >= 4 is 17.8 Å². The van der Waals surface area contributed by atoms with Gasteiger partial charge in [0, 0.05) is 5.56 Å². The molecule has 0 radical (unpaired) electrons. The molecule has 2 aromatic rings. The first-order valence-electron chi connectivity index (χ1n) is 7.64. The van der Waals surface area contributed by atoms with Gasteiger partial charge in [0.05, 0.1) is 5.56 Å². The summed E-state index contributed by atoms with van der Waals surface area (Å²) in [5.74, 6) is -1.36. The monoisotopic (exact) mass is 319 g/mol. The van der Waals surface area contributed by atoms with Gasteiger partial charge in [0.15, 0.2) is 0 Å². The zero-order chi connectivity index (χ0) is 17.5. The third kappa shape index (κ3) is 4.17. The number of nitrogens with zero attached hydrogens (tertiary/aromatic N) is 1. The first kappa shape index (κ1) is 17.2. The summed E-state index contributed by atoms with van der Waals surface area (Å²) in [6, 6.07) is 15.2. The maximum absolute atomic E-state index is 12.4. The highest BCUT2D eigenvalue weighted by Crippen LogP contribution is 2.15. The lowest BCUT2D eigenvalue weighted by Gasteiger charge is -2.03. The number of aryl methyl sites for hydroxylation is 1. The number of carbonyl (C=O) groups is 2. The van der Waals surface area contributed by atoms with Crippen molar-refractivity contribution < 1.29 is 14.7 Å². The van der Waals surface area contributed by atoms with Crippen molar-refractivity contribution in [3.8, 4) is 6.07 Å². The van der Waals surface area contributed by atoms with Crippen LogP contribution in [0.5, 0.6) is 0 Å². The quantitative estimate of drug-likeness (QED) is 0.493. The number of rotatable bonds is 6. The number of nitriles is 1. The molecule has 0 amide bonds. The van der Waals surface area contributed by atoms with Crippen molar-refractivity contribution in [1.29, 1.82) is 5.26 Å². The Labute approximate surface area is 140 Å². The van der Waals surface area contributed by atoms with Crippen LogP contribution in [0.2, 0.25) is 0 Å². The van der Waals surface area contributed by atoms with Crippen LogP contribution in [0.3, 0.4) is 0 Å². The van der Waals surface area contributed by atoms with E-state index in [1.807, 2.05) is 18.2 Å². The number of ketones is 1. The second-order valence-corrected chi connectivity index (χ2v) is 5.37. The molecule has 4 nitrogen and oxygen atoms in total. The number of allylic oxidation sites excluding steroid dienone is 1. The van der Waals surface area contributed by atoms with Gasteiger partial charge in [-0.1, -0.05) is 49.7 Å². The molecule has 120 valence electrons. The van der Waals surface area contributed by atoms with E-state index in [0.717, 1.165) is 18.4 Å². The number of carboxylic acids is 1. The lowest BCUT2D eigenvalue weighted by molar-refractivity contribution is 0.0696. The van der Waals surface area contributed by atoms with Gasteiger partial charge >= 0.3 is 5.97 Å². The summed E-state index contributed by atoms with van der Waals surface area (Å²) < 4.78 is 0. The van der Waals surface area contributed by atoms with Gasteiger partial charge in [-0.15, -0.1) is 0 Å². The van der Waals surface area contributed by atoms with Crippen molar-refractivity contribution in [2.75, 3.05) is 0 Å². The normalized spacial score (nSPS) is 10.9. The summed E-state index contributed by atoms with van der Waals surface area (Å²) in [6.45, 7) is 2.09. The second kappa shape index (κ2) is 7.89. The molecule has 2 aromatic carbocycles. The molecule has 0 saturated carbocycles. The van der Waals surface area contributed by atoms with Gasteiger partial charge in [-0.2, -0.15) is 5.26 Å². The van der Waals surface area contributed by atoms with Crippen LogP contribution < -0.4 is 0 Å². The van der Waals surface area contributed by atoms with Crippen molar-refractivity contribution in [1.82, 2.24) is 0 Å². The molecule has 0 aliphatic rings. The first-order chi connectivity index (χ1) is 11.5. The maximum atomic E-state index is 12.4. The molecule has 4 heteroatoms. The third-order valence-corrected chi connectivity index (χ3v) is 3.59. The number of aromatic carboxylic acids is 1. The minimum Gasteiger partial charge on any atom is -0.478 e. The molecule has 0 atom stereocenters. The predicted molar refractivity (Wildman–Crippen MR) is 91.8 cm³/mol. The minimum absolute atomic E-state index is 0.0151. The first-order valence-corrected chi connectivity index (χ1v) is 7.64. The van der Waals surface area contributed by atoms with Crippen molar-refractivity contribution in [3.63, 3.8) is 0 Å². The third-order valence-electron chi connectivity index (χ3n) is 3.59. The number of benzene rings is 2. The van der Waals surface area contributed by atoms with Crippen LogP contribution in [0.15, 0.2) is 54.1 Å². The van der Waals surface area contributed by atoms with E-state index in [9.17, 15) is 14.9 Å². The fourth-order valence-corrected chi connectivity index (χ4v) is 2.30. The van der Waals surface area contributed by atoms with Gasteiger partial charge in [0.25, 0.3) is 0 Å². The Balaban J connectivity index is 2.24. The summed E-state index contributed by atoms with van der Waals surface area (Å²) in [5.41, 5.74) is 2.39. The molecule has 1 N–H and O–H groups in total. The number of carbonyl (C=O) groups excluding carboxylic acids is 1. The Hall–Kier alpha value is -3.19. The van der Waals surface area contributed by atoms with E-state index in [1.54, 1.807) is 24.3 Å². The van der Waals surface area contributed by atoms with Crippen LogP contribution in [0.1, 0.15) is 45.2 Å². The molecular formula is C20H17NO3. The van der Waals surface area contributed by atoms with E-state index < -0.39 is 5.97 Å². The number of hydrogen-bond donors (Lipinski definition) is 1. The molecule has 2 rings (SSSR count). The molecule has 0 unspecified atom stereocenters. The van der Waals surface area contributed by atoms with Gasteiger partial charge in [-0.3, -0.25) is 4.79 Å². The molecule has 0 aliphatic carbocycles. The Morgan fingerprint density at radius 3 is 2.12 bits per heavy atom. The fraction of sp³-hybridized carbons (Fsp3) is 0.150. The van der Waals surface area contributed by atoms with Crippen LogP contribution in [-0.2, 0) is 6.42 Å². The van der Waals surface area contributed by atoms with Gasteiger partial charge in [-0.25, -0.2) is 4.79 Å². The SMILES string of the molecule is CCCc1ccc(C(=O)/C(C#N)=C/c2ccc(C(=O)O)cc2)cc1. The van der Waals surface area contributed by atoms with E-state index in [2.05, 4.69) is 6.92 Å². The summed E-state index contributed by atoms with van der Waals surface area (Å²) in [7, 11) is 0. The van der Waals surface area contributed by atoms with Gasteiger partial charge in [0.1, 0.15) is 11.6 Å².